The monoisotopic (exact) mass is 731 g/mol. The standard InChI is InChI=1S/C35H37F2N5O5.C5H10O/c1-4-23-25(36)9-8-20-15-21(43)16-24(27(20)23)30-29(37)31-28(33(38-30)45-3)32(42-13-14-46-18-22(44)17-42)40-34(39-31)47-19-35-10-5-7-26(35)41(2)12-6-11-35;1-6-5-3-2-4-5/h1,8-9,15-16,22,26,43-44H,5-7,10-14,17-19H2,2-3H3;5H,2-4H2,1H3. The zero-order valence-corrected chi connectivity index (χ0v) is 30.5. The van der Waals surface area contributed by atoms with Crippen LogP contribution < -0.4 is 14.4 Å². The van der Waals surface area contributed by atoms with Gasteiger partial charge in [0.05, 0.1) is 44.7 Å². The van der Waals surface area contributed by atoms with Gasteiger partial charge in [-0.2, -0.15) is 9.97 Å². The first kappa shape index (κ1) is 37.0. The summed E-state index contributed by atoms with van der Waals surface area (Å²) in [4.78, 5) is 18.1. The summed E-state index contributed by atoms with van der Waals surface area (Å²) in [7, 11) is 5.33. The Morgan fingerprint density at radius 3 is 2.57 bits per heavy atom. The molecule has 4 aromatic rings. The maximum atomic E-state index is 17.0. The third-order valence-electron chi connectivity index (χ3n) is 11.4. The highest BCUT2D eigenvalue weighted by atomic mass is 19.1. The molecule has 8 rings (SSSR count). The fraction of sp³-hybridized carbons (Fsp3) is 0.525. The van der Waals surface area contributed by atoms with Gasteiger partial charge >= 0.3 is 6.01 Å². The number of halogens is 2. The molecule has 4 heterocycles. The number of fused-ring (bicyclic) bond motifs is 3. The number of phenols is 1. The van der Waals surface area contributed by atoms with E-state index in [1.54, 1.807) is 12.0 Å². The summed E-state index contributed by atoms with van der Waals surface area (Å²) in [6.07, 6.45) is 14.8. The fourth-order valence-electron chi connectivity index (χ4n) is 8.45. The summed E-state index contributed by atoms with van der Waals surface area (Å²) in [6, 6.07) is 5.74. The van der Waals surface area contributed by atoms with Gasteiger partial charge in [-0.25, -0.2) is 13.8 Å². The van der Waals surface area contributed by atoms with Gasteiger partial charge < -0.3 is 39.0 Å². The lowest BCUT2D eigenvalue weighted by Gasteiger charge is -2.44. The zero-order chi connectivity index (χ0) is 37.3. The van der Waals surface area contributed by atoms with Gasteiger partial charge in [0.1, 0.15) is 34.0 Å². The number of anilines is 1. The lowest BCUT2D eigenvalue weighted by atomic mass is 9.76. The summed E-state index contributed by atoms with van der Waals surface area (Å²) >= 11 is 0. The number of hydrogen-bond donors (Lipinski definition) is 2. The molecule has 13 heteroatoms. The number of likely N-dealkylation sites (tertiary alicyclic amines) is 1. The van der Waals surface area contributed by atoms with Crippen molar-refractivity contribution in [3.63, 3.8) is 0 Å². The molecule has 2 N–H and O–H groups in total. The number of methoxy groups -OCH3 is 2. The second-order valence-corrected chi connectivity index (χ2v) is 14.6. The quantitative estimate of drug-likeness (QED) is 0.223. The average Bonchev–Trinajstić information content (AvgIpc) is 3.45. The Labute approximate surface area is 308 Å². The Morgan fingerprint density at radius 1 is 1.04 bits per heavy atom. The highest BCUT2D eigenvalue weighted by Gasteiger charge is 2.47. The van der Waals surface area contributed by atoms with Gasteiger partial charge in [0, 0.05) is 42.6 Å². The number of phenolic OH excluding ortho intramolecular Hbond substituents is 1. The molecule has 2 saturated carbocycles. The molecule has 2 aliphatic heterocycles. The third kappa shape index (κ3) is 7.17. The number of aliphatic hydroxyl groups is 1. The minimum absolute atomic E-state index is 0.00360. The summed E-state index contributed by atoms with van der Waals surface area (Å²) in [5.41, 5.74) is -0.456. The van der Waals surface area contributed by atoms with E-state index in [0.717, 1.165) is 38.6 Å². The molecule has 0 radical (unpaired) electrons. The fourth-order valence-corrected chi connectivity index (χ4v) is 8.45. The molecule has 2 saturated heterocycles. The lowest BCUT2D eigenvalue weighted by Crippen LogP contribution is -2.50. The van der Waals surface area contributed by atoms with E-state index in [-0.39, 0.29) is 75.1 Å². The molecule has 2 aromatic carbocycles. The number of benzene rings is 2. The van der Waals surface area contributed by atoms with E-state index in [2.05, 4.69) is 27.8 Å². The Kier molecular flexibility index (Phi) is 10.9. The number of rotatable bonds is 7. The van der Waals surface area contributed by atoms with Crippen LogP contribution in [0.15, 0.2) is 24.3 Å². The largest absolute Gasteiger partial charge is 0.508 e. The van der Waals surface area contributed by atoms with Gasteiger partial charge in [-0.1, -0.05) is 18.4 Å². The van der Waals surface area contributed by atoms with Gasteiger partial charge in [0.2, 0.25) is 5.88 Å². The van der Waals surface area contributed by atoms with Crippen molar-refractivity contribution >= 4 is 27.5 Å². The van der Waals surface area contributed by atoms with Crippen molar-refractivity contribution in [2.45, 2.75) is 69.6 Å². The highest BCUT2D eigenvalue weighted by molar-refractivity contribution is 6.04. The van der Waals surface area contributed by atoms with Crippen LogP contribution in [0.4, 0.5) is 14.6 Å². The van der Waals surface area contributed by atoms with Crippen LogP contribution in [0.2, 0.25) is 0 Å². The molecule has 2 aromatic heterocycles. The lowest BCUT2D eigenvalue weighted by molar-refractivity contribution is 0.0133. The molecule has 0 amide bonds. The first-order valence-electron chi connectivity index (χ1n) is 18.4. The van der Waals surface area contributed by atoms with E-state index >= 15 is 4.39 Å². The van der Waals surface area contributed by atoms with Crippen LogP contribution >= 0.6 is 0 Å². The Bertz CT molecular complexity index is 2020. The maximum absolute atomic E-state index is 17.0. The summed E-state index contributed by atoms with van der Waals surface area (Å²) < 4.78 is 54.6. The van der Waals surface area contributed by atoms with Gasteiger partial charge in [0.25, 0.3) is 0 Å². The predicted molar refractivity (Wildman–Crippen MR) is 197 cm³/mol. The van der Waals surface area contributed by atoms with Crippen molar-refractivity contribution in [1.82, 2.24) is 19.9 Å². The number of hydrogen-bond acceptors (Lipinski definition) is 11. The molecule has 4 fully saturated rings. The Hall–Kier alpha value is -4.35. The smallest absolute Gasteiger partial charge is 0.319 e. The number of ether oxygens (including phenoxy) is 4. The van der Waals surface area contributed by atoms with Gasteiger partial charge in [-0.05, 0) is 82.1 Å². The SMILES string of the molecule is C#Cc1c(F)ccc2cc(O)cc(-c3nc(OC)c4c(N5CCOCC(O)C5)nc(OCC56CCCC5N(C)CCC6)nc4c3F)c12.COC1CCC1. The number of aliphatic hydroxyl groups excluding tert-OH is 1. The zero-order valence-electron chi connectivity index (χ0n) is 30.5. The first-order valence-corrected chi connectivity index (χ1v) is 18.4. The molecule has 282 valence electrons. The number of β-amino-alcohol motifs (C(OH)–C–C–N with tert-alkyl or cyclic N) is 1. The van der Waals surface area contributed by atoms with Crippen LogP contribution in [-0.2, 0) is 9.47 Å². The second-order valence-electron chi connectivity index (χ2n) is 14.6. The van der Waals surface area contributed by atoms with Crippen LogP contribution in [0.3, 0.4) is 0 Å². The molecular weight excluding hydrogens is 684 g/mol. The van der Waals surface area contributed by atoms with E-state index in [0.29, 0.717) is 37.3 Å². The summed E-state index contributed by atoms with van der Waals surface area (Å²) in [5.74, 6) is 0.936. The van der Waals surface area contributed by atoms with Crippen molar-refractivity contribution in [2.24, 2.45) is 5.41 Å². The topological polar surface area (TPSA) is 123 Å². The van der Waals surface area contributed by atoms with E-state index in [1.165, 1.54) is 50.6 Å². The number of nitrogens with zero attached hydrogens (tertiary/aromatic N) is 5. The number of terminal acetylenes is 1. The number of aromatic hydroxyl groups is 1. The minimum atomic E-state index is -0.852. The van der Waals surface area contributed by atoms with Gasteiger partial charge in [0.15, 0.2) is 5.82 Å². The van der Waals surface area contributed by atoms with Gasteiger partial charge in [-0.15, -0.1) is 6.42 Å². The number of piperidine rings is 1. The molecule has 2 aliphatic carbocycles. The normalized spacial score (nSPS) is 23.5. The van der Waals surface area contributed by atoms with Crippen LogP contribution in [0, 0.1) is 29.4 Å². The molecule has 3 atom stereocenters. The molecule has 0 spiro atoms. The van der Waals surface area contributed by atoms with Crippen molar-refractivity contribution in [1.29, 1.82) is 0 Å². The minimum Gasteiger partial charge on any atom is -0.508 e. The van der Waals surface area contributed by atoms with Crippen LogP contribution in [0.1, 0.15) is 56.9 Å². The van der Waals surface area contributed by atoms with E-state index in [1.807, 2.05) is 0 Å². The molecule has 3 unspecified atom stereocenters. The molecule has 4 aliphatic rings. The van der Waals surface area contributed by atoms with Crippen molar-refractivity contribution in [2.75, 3.05) is 65.6 Å². The van der Waals surface area contributed by atoms with Crippen LogP contribution in [-0.4, -0.2) is 109 Å². The average molecular weight is 732 g/mol. The summed E-state index contributed by atoms with van der Waals surface area (Å²) in [5, 5.41) is 22.0. The van der Waals surface area contributed by atoms with Crippen molar-refractivity contribution in [3.05, 3.63) is 41.5 Å². The van der Waals surface area contributed by atoms with Crippen LogP contribution in [0.5, 0.6) is 17.6 Å². The van der Waals surface area contributed by atoms with Crippen LogP contribution in [0.25, 0.3) is 32.9 Å². The van der Waals surface area contributed by atoms with Crippen molar-refractivity contribution in [3.8, 4) is 41.2 Å². The van der Waals surface area contributed by atoms with E-state index in [4.69, 9.17) is 30.4 Å². The number of aromatic nitrogens is 3. The van der Waals surface area contributed by atoms with E-state index in [9.17, 15) is 14.6 Å². The summed E-state index contributed by atoms with van der Waals surface area (Å²) in [6.45, 7) is 2.38. The first-order chi connectivity index (χ1) is 25.7. The molecule has 53 heavy (non-hydrogen) atoms. The van der Waals surface area contributed by atoms with E-state index < -0.39 is 17.7 Å². The maximum Gasteiger partial charge on any atom is 0.319 e. The Morgan fingerprint density at radius 2 is 1.85 bits per heavy atom. The molecule has 11 nitrogen and oxygen atoms in total. The molecular formula is C40H47F2N5O6. The van der Waals surface area contributed by atoms with Crippen molar-refractivity contribution < 1.29 is 37.9 Å². The third-order valence-corrected chi connectivity index (χ3v) is 11.4. The highest BCUT2D eigenvalue weighted by Crippen LogP contribution is 2.48. The predicted octanol–water partition coefficient (Wildman–Crippen LogP) is 5.84. The second kappa shape index (κ2) is 15.6. The Balaban J connectivity index is 0.000000661. The molecule has 0 bridgehead atoms. The van der Waals surface area contributed by atoms with Gasteiger partial charge in [-0.3, -0.25) is 0 Å². The number of pyridine rings is 1.